The average Bonchev–Trinajstić information content (AvgIpc) is 2.97. The predicted molar refractivity (Wildman–Crippen MR) is 79.2 cm³/mol. The van der Waals surface area contributed by atoms with Crippen molar-refractivity contribution in [1.29, 1.82) is 0 Å². The molecule has 0 saturated carbocycles. The number of methoxy groups -OCH3 is 1. The van der Waals surface area contributed by atoms with Gasteiger partial charge in [0, 0.05) is 0 Å². The van der Waals surface area contributed by atoms with Crippen molar-refractivity contribution < 1.29 is 9.53 Å². The third-order valence-electron chi connectivity index (χ3n) is 2.71. The SMILES string of the molecule is COc1ccccc1N(Cc1ccsc1)C(=O)CCl. The number of alkyl halides is 1. The van der Waals surface area contributed by atoms with Crippen LogP contribution < -0.4 is 9.64 Å². The van der Waals surface area contributed by atoms with Gasteiger partial charge in [-0.2, -0.15) is 11.3 Å². The molecule has 1 aromatic heterocycles. The molecular weight excluding hydrogens is 282 g/mol. The number of carbonyl (C=O) groups excluding carboxylic acids is 1. The van der Waals surface area contributed by atoms with Crippen molar-refractivity contribution in [2.24, 2.45) is 0 Å². The Hall–Kier alpha value is -1.52. The molecule has 100 valence electrons. The molecule has 0 fully saturated rings. The van der Waals surface area contributed by atoms with E-state index in [9.17, 15) is 4.79 Å². The third kappa shape index (κ3) is 3.28. The Kier molecular flexibility index (Phi) is 4.82. The molecule has 2 rings (SSSR count). The van der Waals surface area contributed by atoms with E-state index in [0.717, 1.165) is 11.3 Å². The fourth-order valence-corrected chi connectivity index (χ4v) is 2.60. The molecule has 0 unspecified atom stereocenters. The Bertz CT molecular complexity index is 542. The number of hydrogen-bond donors (Lipinski definition) is 0. The highest BCUT2D eigenvalue weighted by Crippen LogP contribution is 2.29. The number of benzene rings is 1. The molecule has 0 aliphatic heterocycles. The number of thiophene rings is 1. The van der Waals surface area contributed by atoms with Crippen LogP contribution in [0.4, 0.5) is 5.69 Å². The monoisotopic (exact) mass is 295 g/mol. The van der Waals surface area contributed by atoms with Crippen molar-refractivity contribution in [3.05, 3.63) is 46.7 Å². The Labute approximate surface area is 121 Å². The lowest BCUT2D eigenvalue weighted by Crippen LogP contribution is -2.31. The van der Waals surface area contributed by atoms with E-state index < -0.39 is 0 Å². The molecule has 1 heterocycles. The van der Waals surface area contributed by atoms with Gasteiger partial charge in [-0.3, -0.25) is 4.79 Å². The molecule has 0 N–H and O–H groups in total. The molecule has 5 heteroatoms. The standard InChI is InChI=1S/C14H14ClNO2S/c1-18-13-5-3-2-4-12(13)16(14(17)8-15)9-11-6-7-19-10-11/h2-7,10H,8-9H2,1H3. The summed E-state index contributed by atoms with van der Waals surface area (Å²) in [6, 6.07) is 9.43. The van der Waals surface area contributed by atoms with Crippen LogP contribution in [-0.4, -0.2) is 18.9 Å². The number of halogens is 1. The maximum absolute atomic E-state index is 12.0. The summed E-state index contributed by atoms with van der Waals surface area (Å²) in [6.07, 6.45) is 0. The zero-order valence-electron chi connectivity index (χ0n) is 10.5. The molecule has 0 spiro atoms. The van der Waals surface area contributed by atoms with Gasteiger partial charge in [0.15, 0.2) is 0 Å². The molecule has 0 radical (unpaired) electrons. The minimum atomic E-state index is -0.141. The molecule has 2 aromatic rings. The van der Waals surface area contributed by atoms with E-state index in [1.165, 1.54) is 0 Å². The Morgan fingerprint density at radius 2 is 2.16 bits per heavy atom. The first kappa shape index (κ1) is 13.9. The molecule has 0 aliphatic carbocycles. The van der Waals surface area contributed by atoms with E-state index in [2.05, 4.69) is 0 Å². The third-order valence-corrected chi connectivity index (χ3v) is 3.67. The van der Waals surface area contributed by atoms with E-state index in [1.807, 2.05) is 41.1 Å². The lowest BCUT2D eigenvalue weighted by atomic mass is 10.2. The first-order valence-electron chi connectivity index (χ1n) is 5.76. The zero-order chi connectivity index (χ0) is 13.7. The number of ether oxygens (including phenoxy) is 1. The van der Waals surface area contributed by atoms with Gasteiger partial charge in [0.25, 0.3) is 0 Å². The number of hydrogen-bond acceptors (Lipinski definition) is 3. The second-order valence-corrected chi connectivity index (χ2v) is 4.96. The topological polar surface area (TPSA) is 29.5 Å². The van der Waals surface area contributed by atoms with Gasteiger partial charge < -0.3 is 9.64 Å². The molecule has 1 amide bonds. The molecule has 19 heavy (non-hydrogen) atoms. The molecule has 0 saturated heterocycles. The maximum atomic E-state index is 12.0. The maximum Gasteiger partial charge on any atom is 0.242 e. The molecule has 0 atom stereocenters. The normalized spacial score (nSPS) is 10.2. The Balaban J connectivity index is 2.34. The van der Waals surface area contributed by atoms with Crippen LogP contribution in [0, 0.1) is 0 Å². The van der Waals surface area contributed by atoms with Crippen LogP contribution in [0.2, 0.25) is 0 Å². The quantitative estimate of drug-likeness (QED) is 0.790. The van der Waals surface area contributed by atoms with Gasteiger partial charge in [-0.05, 0) is 34.5 Å². The second-order valence-electron chi connectivity index (χ2n) is 3.92. The minimum absolute atomic E-state index is 0.0534. The van der Waals surface area contributed by atoms with Gasteiger partial charge in [-0.15, -0.1) is 11.6 Å². The second kappa shape index (κ2) is 6.59. The summed E-state index contributed by atoms with van der Waals surface area (Å²) >= 11 is 7.31. The largest absolute Gasteiger partial charge is 0.495 e. The van der Waals surface area contributed by atoms with Crippen molar-refractivity contribution in [3.8, 4) is 5.75 Å². The van der Waals surface area contributed by atoms with Gasteiger partial charge in [-0.1, -0.05) is 12.1 Å². The van der Waals surface area contributed by atoms with Crippen LogP contribution in [0.3, 0.4) is 0 Å². The number of anilines is 1. The van der Waals surface area contributed by atoms with Crippen molar-refractivity contribution in [2.45, 2.75) is 6.54 Å². The Morgan fingerprint density at radius 3 is 2.79 bits per heavy atom. The highest BCUT2D eigenvalue weighted by atomic mass is 35.5. The van der Waals surface area contributed by atoms with Gasteiger partial charge in [-0.25, -0.2) is 0 Å². The van der Waals surface area contributed by atoms with Crippen LogP contribution in [0.15, 0.2) is 41.1 Å². The highest BCUT2D eigenvalue weighted by molar-refractivity contribution is 7.07. The van der Waals surface area contributed by atoms with Crippen molar-refractivity contribution in [1.82, 2.24) is 0 Å². The first-order valence-corrected chi connectivity index (χ1v) is 7.24. The van der Waals surface area contributed by atoms with Crippen LogP contribution in [0.1, 0.15) is 5.56 Å². The first-order chi connectivity index (χ1) is 9.26. The van der Waals surface area contributed by atoms with E-state index in [-0.39, 0.29) is 11.8 Å². The van der Waals surface area contributed by atoms with Crippen molar-refractivity contribution in [2.75, 3.05) is 17.9 Å². The summed E-state index contributed by atoms with van der Waals surface area (Å²) in [4.78, 5) is 13.7. The fourth-order valence-electron chi connectivity index (χ4n) is 1.80. The molecular formula is C14H14ClNO2S. The average molecular weight is 296 g/mol. The zero-order valence-corrected chi connectivity index (χ0v) is 12.1. The predicted octanol–water partition coefficient (Wildman–Crippen LogP) is 3.53. The summed E-state index contributed by atoms with van der Waals surface area (Å²) in [5.74, 6) is 0.468. The van der Waals surface area contributed by atoms with Crippen LogP contribution >= 0.6 is 22.9 Å². The summed E-state index contributed by atoms with van der Waals surface area (Å²) < 4.78 is 5.31. The van der Waals surface area contributed by atoms with Gasteiger partial charge >= 0.3 is 0 Å². The number of carbonyl (C=O) groups is 1. The Morgan fingerprint density at radius 1 is 1.37 bits per heavy atom. The minimum Gasteiger partial charge on any atom is -0.495 e. The van der Waals surface area contributed by atoms with Crippen molar-refractivity contribution in [3.63, 3.8) is 0 Å². The summed E-state index contributed by atoms with van der Waals surface area (Å²) in [5.41, 5.74) is 1.82. The summed E-state index contributed by atoms with van der Waals surface area (Å²) in [6.45, 7) is 0.495. The van der Waals surface area contributed by atoms with E-state index in [1.54, 1.807) is 23.3 Å². The molecule has 1 aromatic carbocycles. The molecule has 3 nitrogen and oxygen atoms in total. The lowest BCUT2D eigenvalue weighted by Gasteiger charge is -2.23. The molecule has 0 bridgehead atoms. The van der Waals surface area contributed by atoms with Gasteiger partial charge in [0.2, 0.25) is 5.91 Å². The van der Waals surface area contributed by atoms with E-state index in [0.29, 0.717) is 12.3 Å². The smallest absolute Gasteiger partial charge is 0.242 e. The number of amides is 1. The number of rotatable bonds is 5. The van der Waals surface area contributed by atoms with Crippen LogP contribution in [-0.2, 0) is 11.3 Å². The number of nitrogens with zero attached hydrogens (tertiary/aromatic N) is 1. The lowest BCUT2D eigenvalue weighted by molar-refractivity contribution is -0.116. The van der Waals surface area contributed by atoms with Crippen LogP contribution in [0.25, 0.3) is 0 Å². The van der Waals surface area contributed by atoms with Crippen LogP contribution in [0.5, 0.6) is 5.75 Å². The number of para-hydroxylation sites is 2. The summed E-state index contributed by atoms with van der Waals surface area (Å²) in [7, 11) is 1.59. The fraction of sp³-hybridized carbons (Fsp3) is 0.214. The van der Waals surface area contributed by atoms with Crippen molar-refractivity contribution >= 4 is 34.5 Å². The highest BCUT2D eigenvalue weighted by Gasteiger charge is 2.18. The summed E-state index contributed by atoms with van der Waals surface area (Å²) in [5, 5.41) is 4.00. The van der Waals surface area contributed by atoms with Gasteiger partial charge in [0.05, 0.1) is 19.3 Å². The molecule has 0 aliphatic rings. The van der Waals surface area contributed by atoms with Gasteiger partial charge in [0.1, 0.15) is 11.6 Å². The van der Waals surface area contributed by atoms with E-state index in [4.69, 9.17) is 16.3 Å². The van der Waals surface area contributed by atoms with E-state index >= 15 is 0 Å².